The third kappa shape index (κ3) is 4.41. The highest BCUT2D eigenvalue weighted by atomic mass is 35.5. The highest BCUT2D eigenvalue weighted by Crippen LogP contribution is 2.36. The summed E-state index contributed by atoms with van der Waals surface area (Å²) in [6.45, 7) is 0. The number of rotatable bonds is 4. The molecule has 0 bridgehead atoms. The van der Waals surface area contributed by atoms with Gasteiger partial charge in [-0.3, -0.25) is 4.79 Å². The largest absolute Gasteiger partial charge is 0.493 e. The van der Waals surface area contributed by atoms with Gasteiger partial charge in [0.1, 0.15) is 24.2 Å². The van der Waals surface area contributed by atoms with Crippen molar-refractivity contribution in [2.75, 3.05) is 0 Å². The third-order valence-corrected chi connectivity index (χ3v) is 5.61. The molecule has 0 N–H and O–H groups in total. The number of hydrogen-bond acceptors (Lipinski definition) is 5. The van der Waals surface area contributed by atoms with Crippen molar-refractivity contribution in [1.82, 2.24) is 0 Å². The second kappa shape index (κ2) is 8.47. The van der Waals surface area contributed by atoms with Gasteiger partial charge < -0.3 is 14.2 Å². The third-order valence-electron chi connectivity index (χ3n) is 5.06. The van der Waals surface area contributed by atoms with Gasteiger partial charge in [-0.1, -0.05) is 41.4 Å². The lowest BCUT2D eigenvalue weighted by molar-refractivity contribution is -0.132. The zero-order valence-electron chi connectivity index (χ0n) is 15.3. The number of allylic oxidation sites excluding steroid dienone is 1. The first kappa shape index (κ1) is 19.8. The molecule has 7 heteroatoms. The van der Waals surface area contributed by atoms with Crippen molar-refractivity contribution in [1.29, 1.82) is 0 Å². The van der Waals surface area contributed by atoms with Crippen LogP contribution in [-0.4, -0.2) is 24.0 Å². The quantitative estimate of drug-likeness (QED) is 0.620. The molecule has 1 heterocycles. The molecule has 0 aromatic heterocycles. The van der Waals surface area contributed by atoms with Crippen LogP contribution in [-0.2, 0) is 14.3 Å². The number of para-hydroxylation sites is 1. The highest BCUT2D eigenvalue weighted by Gasteiger charge is 2.42. The maximum atomic E-state index is 12.8. The summed E-state index contributed by atoms with van der Waals surface area (Å²) >= 11 is 12.0. The zero-order valence-corrected chi connectivity index (χ0v) is 16.9. The van der Waals surface area contributed by atoms with E-state index in [-0.39, 0.29) is 29.7 Å². The van der Waals surface area contributed by atoms with Crippen molar-refractivity contribution < 1.29 is 23.8 Å². The van der Waals surface area contributed by atoms with Crippen molar-refractivity contribution in [2.24, 2.45) is 5.92 Å². The summed E-state index contributed by atoms with van der Waals surface area (Å²) in [5.41, 5.74) is 0.399. The predicted octanol–water partition coefficient (Wildman–Crippen LogP) is 5.21. The van der Waals surface area contributed by atoms with Crippen LogP contribution in [0, 0.1) is 5.92 Å². The van der Waals surface area contributed by atoms with Crippen LogP contribution in [0.1, 0.15) is 29.6 Å². The number of carbonyl (C=O) groups is 2. The van der Waals surface area contributed by atoms with Crippen LogP contribution >= 0.6 is 23.2 Å². The smallest absolute Gasteiger partial charge is 0.338 e. The summed E-state index contributed by atoms with van der Waals surface area (Å²) in [6.07, 6.45) is 2.20. The minimum atomic E-state index is -0.434. The van der Waals surface area contributed by atoms with Gasteiger partial charge in [-0.05, 0) is 43.2 Å². The van der Waals surface area contributed by atoms with Gasteiger partial charge in [0, 0.05) is 11.4 Å². The molecule has 0 spiro atoms. The molecule has 4 rings (SSSR count). The Morgan fingerprint density at radius 1 is 1.07 bits per heavy atom. The number of ether oxygens (including phenoxy) is 3. The summed E-state index contributed by atoms with van der Waals surface area (Å²) in [6, 6.07) is 13.5. The van der Waals surface area contributed by atoms with E-state index >= 15 is 0 Å². The molecule has 29 heavy (non-hydrogen) atoms. The normalized spacial score (nSPS) is 23.4. The number of benzene rings is 2. The van der Waals surface area contributed by atoms with Gasteiger partial charge in [-0.25, -0.2) is 4.79 Å². The van der Waals surface area contributed by atoms with Crippen molar-refractivity contribution in [3.8, 4) is 5.75 Å². The molecule has 3 unspecified atom stereocenters. The minimum absolute atomic E-state index is 0.124. The van der Waals surface area contributed by atoms with Crippen LogP contribution in [0.3, 0.4) is 0 Å². The molecule has 0 saturated heterocycles. The Bertz CT molecular complexity index is 971. The maximum Gasteiger partial charge on any atom is 0.338 e. The Balaban J connectivity index is 1.40. The summed E-state index contributed by atoms with van der Waals surface area (Å²) in [7, 11) is 0. The van der Waals surface area contributed by atoms with E-state index in [2.05, 4.69) is 0 Å². The monoisotopic (exact) mass is 432 g/mol. The number of ketones is 1. The van der Waals surface area contributed by atoms with E-state index in [9.17, 15) is 9.59 Å². The molecule has 1 fully saturated rings. The van der Waals surface area contributed by atoms with E-state index < -0.39 is 5.97 Å². The Labute approximate surface area is 178 Å². The van der Waals surface area contributed by atoms with E-state index in [4.69, 9.17) is 37.4 Å². The van der Waals surface area contributed by atoms with E-state index in [1.807, 2.05) is 0 Å². The molecule has 1 aliphatic heterocycles. The molecule has 0 radical (unpaired) electrons. The van der Waals surface area contributed by atoms with Gasteiger partial charge in [0.15, 0.2) is 0 Å². The van der Waals surface area contributed by atoms with Gasteiger partial charge in [0.25, 0.3) is 0 Å². The van der Waals surface area contributed by atoms with Gasteiger partial charge in [-0.2, -0.15) is 0 Å². The molecule has 5 nitrogen and oxygen atoms in total. The van der Waals surface area contributed by atoms with Crippen molar-refractivity contribution >= 4 is 35.0 Å². The summed E-state index contributed by atoms with van der Waals surface area (Å²) < 4.78 is 17.0. The fraction of sp³-hybridized carbons (Fsp3) is 0.273. The lowest BCUT2D eigenvalue weighted by Gasteiger charge is -2.36. The number of halogens is 2. The van der Waals surface area contributed by atoms with Crippen molar-refractivity contribution in [3.05, 3.63) is 76.2 Å². The SMILES string of the molecule is O=C(OC1CCC2C(=O)C(Oc3ccccc3Cl)=COC2C1)c1cccc(Cl)c1. The molecule has 2 aromatic carbocycles. The average Bonchev–Trinajstić information content (AvgIpc) is 2.71. The Morgan fingerprint density at radius 2 is 1.90 bits per heavy atom. The first-order valence-corrected chi connectivity index (χ1v) is 10.1. The molecule has 1 saturated carbocycles. The van der Waals surface area contributed by atoms with Crippen molar-refractivity contribution in [2.45, 2.75) is 31.5 Å². The summed E-state index contributed by atoms with van der Waals surface area (Å²) in [4.78, 5) is 25.2. The first-order valence-electron chi connectivity index (χ1n) is 9.30. The second-order valence-corrected chi connectivity index (χ2v) is 7.85. The molecule has 2 aliphatic rings. The molecule has 2 aromatic rings. The Hall–Kier alpha value is -2.50. The van der Waals surface area contributed by atoms with E-state index in [1.165, 1.54) is 6.26 Å². The van der Waals surface area contributed by atoms with Gasteiger partial charge in [0.2, 0.25) is 11.5 Å². The van der Waals surface area contributed by atoms with Crippen LogP contribution in [0.4, 0.5) is 0 Å². The summed E-state index contributed by atoms with van der Waals surface area (Å²) in [5, 5.41) is 0.889. The Morgan fingerprint density at radius 3 is 2.69 bits per heavy atom. The number of Topliss-reactive ketones (excluding diaryl/α,β-unsaturated/α-hetero) is 1. The van der Waals surface area contributed by atoms with E-state index in [1.54, 1.807) is 48.5 Å². The standard InChI is InChI=1S/C22H18Cl2O5/c23-14-5-3-4-13(10-14)22(26)28-15-8-9-16-19(11-15)27-12-20(21(16)25)29-18-7-2-1-6-17(18)24/h1-7,10,12,15-16,19H,8-9,11H2. The van der Waals surface area contributed by atoms with Gasteiger partial charge in [-0.15, -0.1) is 0 Å². The maximum absolute atomic E-state index is 12.8. The van der Waals surface area contributed by atoms with Gasteiger partial charge in [0.05, 0.1) is 16.5 Å². The number of esters is 1. The van der Waals surface area contributed by atoms with Crippen LogP contribution in [0.5, 0.6) is 5.75 Å². The average molecular weight is 433 g/mol. The molecular weight excluding hydrogens is 415 g/mol. The Kier molecular flexibility index (Phi) is 5.79. The highest BCUT2D eigenvalue weighted by molar-refractivity contribution is 6.32. The molecular formula is C22H18Cl2O5. The molecule has 0 amide bonds. The first-order chi connectivity index (χ1) is 14.0. The van der Waals surface area contributed by atoms with Crippen LogP contribution < -0.4 is 4.74 Å². The second-order valence-electron chi connectivity index (χ2n) is 7.01. The van der Waals surface area contributed by atoms with Crippen molar-refractivity contribution in [3.63, 3.8) is 0 Å². The van der Waals surface area contributed by atoms with Crippen LogP contribution in [0.15, 0.2) is 60.6 Å². The molecule has 150 valence electrons. The molecule has 3 atom stereocenters. The topological polar surface area (TPSA) is 61.8 Å². The van der Waals surface area contributed by atoms with Crippen LogP contribution in [0.25, 0.3) is 0 Å². The molecule has 1 aliphatic carbocycles. The summed E-state index contributed by atoms with van der Waals surface area (Å²) in [5.74, 6) is -0.357. The fourth-order valence-corrected chi connectivity index (χ4v) is 3.96. The van der Waals surface area contributed by atoms with E-state index in [0.29, 0.717) is 40.6 Å². The van der Waals surface area contributed by atoms with E-state index in [0.717, 1.165) is 0 Å². The lowest BCUT2D eigenvalue weighted by Crippen LogP contribution is -2.43. The minimum Gasteiger partial charge on any atom is -0.493 e. The fourth-order valence-electron chi connectivity index (χ4n) is 3.60. The van der Waals surface area contributed by atoms with Crippen LogP contribution in [0.2, 0.25) is 10.0 Å². The van der Waals surface area contributed by atoms with Gasteiger partial charge >= 0.3 is 5.97 Å². The lowest BCUT2D eigenvalue weighted by atomic mass is 9.80. The number of hydrogen-bond donors (Lipinski definition) is 0. The number of carbonyl (C=O) groups excluding carboxylic acids is 2. The predicted molar refractivity (Wildman–Crippen MR) is 108 cm³/mol. The zero-order chi connectivity index (χ0) is 20.4. The number of fused-ring (bicyclic) bond motifs is 1.